The van der Waals surface area contributed by atoms with Gasteiger partial charge in [0.05, 0.1) is 5.52 Å². The molecule has 3 rings (SSSR count). The Morgan fingerprint density at radius 2 is 1.70 bits per heavy atom. The number of rotatable bonds is 2. The molecule has 0 saturated heterocycles. The molecule has 0 saturated carbocycles. The van der Waals surface area contributed by atoms with Crippen molar-refractivity contribution < 1.29 is 8.78 Å². The molecule has 2 nitrogen and oxygen atoms in total. The molecule has 100 valence electrons. The fourth-order valence-electron chi connectivity index (χ4n) is 2.26. The minimum atomic E-state index is -2.63. The topological polar surface area (TPSA) is 38.9 Å². The highest BCUT2D eigenvalue weighted by atomic mass is 19.3. The van der Waals surface area contributed by atoms with Crippen molar-refractivity contribution in [2.24, 2.45) is 0 Å². The number of fused-ring (bicyclic) bond motifs is 1. The number of halogens is 2. The molecular formula is C16H12F2N2. The van der Waals surface area contributed by atoms with Crippen LogP contribution in [0.1, 0.15) is 12.1 Å². The number of nitrogen functional groups attached to an aromatic ring is 1. The van der Waals surface area contributed by atoms with Gasteiger partial charge in [-0.2, -0.15) is 0 Å². The van der Waals surface area contributed by atoms with E-state index in [1.54, 1.807) is 6.07 Å². The molecule has 2 aromatic carbocycles. The van der Waals surface area contributed by atoms with Crippen LogP contribution in [0.2, 0.25) is 0 Å². The first-order chi connectivity index (χ1) is 9.66. The van der Waals surface area contributed by atoms with E-state index in [2.05, 4.69) is 4.98 Å². The lowest BCUT2D eigenvalue weighted by molar-refractivity contribution is 0.146. The summed E-state index contributed by atoms with van der Waals surface area (Å²) in [5, 5.41) is 0.691. The molecule has 1 heterocycles. The maximum atomic E-state index is 12.9. The molecule has 0 aliphatic heterocycles. The van der Waals surface area contributed by atoms with Crippen LogP contribution in [-0.4, -0.2) is 4.98 Å². The molecule has 2 N–H and O–H groups in total. The fourth-order valence-corrected chi connectivity index (χ4v) is 2.26. The summed E-state index contributed by atoms with van der Waals surface area (Å²) in [5.74, 6) is 0. The lowest BCUT2D eigenvalue weighted by Crippen LogP contribution is -1.97. The molecule has 0 bridgehead atoms. The van der Waals surface area contributed by atoms with Gasteiger partial charge in [0.15, 0.2) is 0 Å². The molecule has 3 aromatic rings. The molecule has 0 aliphatic rings. The number of aromatic nitrogens is 1. The van der Waals surface area contributed by atoms with Crippen LogP contribution in [-0.2, 0) is 0 Å². The Balaban J connectivity index is 2.33. The maximum absolute atomic E-state index is 12.9. The Labute approximate surface area is 114 Å². The van der Waals surface area contributed by atoms with Crippen LogP contribution in [0.3, 0.4) is 0 Å². The summed E-state index contributed by atoms with van der Waals surface area (Å²) >= 11 is 0. The number of nitrogens with zero attached hydrogens (tertiary/aromatic N) is 1. The molecule has 0 aliphatic carbocycles. The SMILES string of the molecule is Nc1cc(C(F)F)nc2c(-c3ccccc3)cccc12. The van der Waals surface area contributed by atoms with Crippen molar-refractivity contribution in [3.63, 3.8) is 0 Å². The second-order valence-electron chi connectivity index (χ2n) is 4.50. The quantitative estimate of drug-likeness (QED) is 0.748. The smallest absolute Gasteiger partial charge is 0.280 e. The molecular weight excluding hydrogens is 258 g/mol. The van der Waals surface area contributed by atoms with Crippen LogP contribution >= 0.6 is 0 Å². The van der Waals surface area contributed by atoms with E-state index in [4.69, 9.17) is 5.73 Å². The van der Waals surface area contributed by atoms with Gasteiger partial charge in [-0.1, -0.05) is 48.5 Å². The molecule has 1 aromatic heterocycles. The number of anilines is 1. The first-order valence-electron chi connectivity index (χ1n) is 6.19. The van der Waals surface area contributed by atoms with Crippen molar-refractivity contribution >= 4 is 16.6 Å². The number of hydrogen-bond acceptors (Lipinski definition) is 2. The molecule has 0 radical (unpaired) electrons. The summed E-state index contributed by atoms with van der Waals surface area (Å²) in [6.07, 6.45) is -2.63. The van der Waals surface area contributed by atoms with Crippen LogP contribution in [0, 0.1) is 0 Å². The molecule has 20 heavy (non-hydrogen) atoms. The van der Waals surface area contributed by atoms with Gasteiger partial charge in [-0.15, -0.1) is 0 Å². The number of hydrogen-bond donors (Lipinski definition) is 1. The molecule has 0 amide bonds. The first-order valence-corrected chi connectivity index (χ1v) is 6.19. The lowest BCUT2D eigenvalue weighted by atomic mass is 10.0. The number of nitrogens with two attached hydrogens (primary N) is 1. The summed E-state index contributed by atoms with van der Waals surface area (Å²) < 4.78 is 25.8. The van der Waals surface area contributed by atoms with Gasteiger partial charge in [-0.3, -0.25) is 0 Å². The van der Waals surface area contributed by atoms with Gasteiger partial charge in [0.1, 0.15) is 5.69 Å². The van der Waals surface area contributed by atoms with E-state index in [1.165, 1.54) is 6.07 Å². The van der Waals surface area contributed by atoms with Crippen molar-refractivity contribution in [1.82, 2.24) is 4.98 Å². The third-order valence-corrected chi connectivity index (χ3v) is 3.20. The highest BCUT2D eigenvalue weighted by Crippen LogP contribution is 2.32. The summed E-state index contributed by atoms with van der Waals surface area (Å²) in [6.45, 7) is 0. The maximum Gasteiger partial charge on any atom is 0.280 e. The monoisotopic (exact) mass is 270 g/mol. The van der Waals surface area contributed by atoms with E-state index in [0.717, 1.165) is 11.1 Å². The predicted octanol–water partition coefficient (Wildman–Crippen LogP) is 4.42. The summed E-state index contributed by atoms with van der Waals surface area (Å²) in [7, 11) is 0. The summed E-state index contributed by atoms with van der Waals surface area (Å²) in [6, 6.07) is 16.3. The molecule has 0 unspecified atom stereocenters. The van der Waals surface area contributed by atoms with Gasteiger partial charge >= 0.3 is 0 Å². The second kappa shape index (κ2) is 4.89. The number of pyridine rings is 1. The number of para-hydroxylation sites is 1. The summed E-state index contributed by atoms with van der Waals surface area (Å²) in [4.78, 5) is 4.08. The largest absolute Gasteiger partial charge is 0.398 e. The van der Waals surface area contributed by atoms with Crippen molar-refractivity contribution in [3.8, 4) is 11.1 Å². The van der Waals surface area contributed by atoms with Crippen LogP contribution in [0.5, 0.6) is 0 Å². The first kappa shape index (κ1) is 12.5. The normalized spacial score (nSPS) is 11.2. The lowest BCUT2D eigenvalue weighted by Gasteiger charge is -2.10. The van der Waals surface area contributed by atoms with Gasteiger partial charge in [0, 0.05) is 16.6 Å². The van der Waals surface area contributed by atoms with Gasteiger partial charge in [-0.25, -0.2) is 13.8 Å². The van der Waals surface area contributed by atoms with Crippen LogP contribution < -0.4 is 5.73 Å². The zero-order valence-corrected chi connectivity index (χ0v) is 10.6. The Morgan fingerprint density at radius 1 is 0.950 bits per heavy atom. The Hall–Kier alpha value is -2.49. The second-order valence-corrected chi connectivity index (χ2v) is 4.50. The van der Waals surface area contributed by atoms with Gasteiger partial charge < -0.3 is 5.73 Å². The standard InChI is InChI=1S/C16H12F2N2/c17-16(18)14-9-13(19)12-8-4-7-11(15(12)20-14)10-5-2-1-3-6-10/h1-9,16H,(H2,19,20). The third-order valence-electron chi connectivity index (χ3n) is 3.20. The zero-order valence-electron chi connectivity index (χ0n) is 10.6. The number of alkyl halides is 2. The van der Waals surface area contributed by atoms with E-state index < -0.39 is 6.43 Å². The van der Waals surface area contributed by atoms with E-state index in [1.807, 2.05) is 42.5 Å². The summed E-state index contributed by atoms with van der Waals surface area (Å²) in [5.41, 5.74) is 8.14. The Bertz CT molecular complexity index is 755. The highest BCUT2D eigenvalue weighted by molar-refractivity contribution is 5.99. The Morgan fingerprint density at radius 3 is 2.40 bits per heavy atom. The van der Waals surface area contributed by atoms with E-state index >= 15 is 0 Å². The minimum absolute atomic E-state index is 0.293. The third kappa shape index (κ3) is 2.09. The predicted molar refractivity (Wildman–Crippen MR) is 76.5 cm³/mol. The number of benzene rings is 2. The molecule has 4 heteroatoms. The Kier molecular flexibility index (Phi) is 3.06. The molecule has 0 atom stereocenters. The van der Waals surface area contributed by atoms with E-state index in [0.29, 0.717) is 16.6 Å². The van der Waals surface area contributed by atoms with Gasteiger partial charge in [0.2, 0.25) is 0 Å². The average Bonchev–Trinajstić information content (AvgIpc) is 2.47. The van der Waals surface area contributed by atoms with Crippen molar-refractivity contribution in [2.75, 3.05) is 5.73 Å². The van der Waals surface area contributed by atoms with Crippen molar-refractivity contribution in [3.05, 3.63) is 60.3 Å². The van der Waals surface area contributed by atoms with Crippen molar-refractivity contribution in [1.29, 1.82) is 0 Å². The highest BCUT2D eigenvalue weighted by Gasteiger charge is 2.14. The van der Waals surface area contributed by atoms with Crippen LogP contribution in [0.25, 0.3) is 22.0 Å². The van der Waals surface area contributed by atoms with Crippen molar-refractivity contribution in [2.45, 2.75) is 6.43 Å². The minimum Gasteiger partial charge on any atom is -0.398 e. The van der Waals surface area contributed by atoms with Gasteiger partial charge in [0.25, 0.3) is 6.43 Å². The van der Waals surface area contributed by atoms with Gasteiger partial charge in [-0.05, 0) is 11.6 Å². The fraction of sp³-hybridized carbons (Fsp3) is 0.0625. The van der Waals surface area contributed by atoms with E-state index in [9.17, 15) is 8.78 Å². The van der Waals surface area contributed by atoms with E-state index in [-0.39, 0.29) is 5.69 Å². The average molecular weight is 270 g/mol. The van der Waals surface area contributed by atoms with Crippen LogP contribution in [0.15, 0.2) is 54.6 Å². The molecule has 0 fully saturated rings. The van der Waals surface area contributed by atoms with Crippen LogP contribution in [0.4, 0.5) is 14.5 Å². The molecule has 0 spiro atoms. The zero-order chi connectivity index (χ0) is 14.1.